The van der Waals surface area contributed by atoms with Gasteiger partial charge in [-0.2, -0.15) is 0 Å². The first-order valence-corrected chi connectivity index (χ1v) is 8.54. The molecule has 0 bridgehead atoms. The molecule has 0 aliphatic carbocycles. The number of hydrogen-bond acceptors (Lipinski definition) is 5. The molecule has 4 rings (SSSR count). The lowest BCUT2D eigenvalue weighted by Gasteiger charge is -2.18. The quantitative estimate of drug-likeness (QED) is 0.793. The Morgan fingerprint density at radius 3 is 2.80 bits per heavy atom. The highest BCUT2D eigenvalue weighted by molar-refractivity contribution is 6.00. The summed E-state index contributed by atoms with van der Waals surface area (Å²) in [5, 5.41) is 3.82. The SMILES string of the molecule is Cc1ccc(CNC(=O)c2ccc3ncnc(N4CCCC4)c3c2)o1. The number of rotatable bonds is 4. The highest BCUT2D eigenvalue weighted by Gasteiger charge is 2.17. The topological polar surface area (TPSA) is 71.3 Å². The van der Waals surface area contributed by atoms with Gasteiger partial charge in [-0.15, -0.1) is 0 Å². The van der Waals surface area contributed by atoms with Crippen molar-refractivity contribution in [2.24, 2.45) is 0 Å². The standard InChI is InChI=1S/C19H20N4O2/c1-13-4-6-15(25-13)11-20-19(24)14-5-7-17-16(10-14)18(22-12-21-17)23-8-2-3-9-23/h4-7,10,12H,2-3,8-9,11H2,1H3,(H,20,24). The second-order valence-electron chi connectivity index (χ2n) is 6.32. The van der Waals surface area contributed by atoms with E-state index in [1.54, 1.807) is 12.4 Å². The molecule has 1 aliphatic rings. The molecule has 0 atom stereocenters. The van der Waals surface area contributed by atoms with E-state index >= 15 is 0 Å². The number of nitrogens with one attached hydrogen (secondary N) is 1. The van der Waals surface area contributed by atoms with Gasteiger partial charge < -0.3 is 14.6 Å². The van der Waals surface area contributed by atoms with Crippen molar-refractivity contribution in [3.8, 4) is 0 Å². The molecular formula is C19H20N4O2. The molecule has 6 nitrogen and oxygen atoms in total. The number of hydrogen-bond donors (Lipinski definition) is 1. The molecule has 128 valence electrons. The average molecular weight is 336 g/mol. The van der Waals surface area contributed by atoms with Crippen molar-refractivity contribution in [2.75, 3.05) is 18.0 Å². The molecular weight excluding hydrogens is 316 g/mol. The molecule has 1 fully saturated rings. The van der Waals surface area contributed by atoms with Gasteiger partial charge in [0.25, 0.3) is 5.91 Å². The Hall–Kier alpha value is -2.89. The molecule has 1 amide bonds. The Kier molecular flexibility index (Phi) is 4.09. The van der Waals surface area contributed by atoms with E-state index in [0.717, 1.165) is 41.3 Å². The van der Waals surface area contributed by atoms with Gasteiger partial charge in [-0.25, -0.2) is 9.97 Å². The summed E-state index contributed by atoms with van der Waals surface area (Å²) < 4.78 is 5.49. The van der Waals surface area contributed by atoms with Crippen LogP contribution in [0.3, 0.4) is 0 Å². The van der Waals surface area contributed by atoms with Gasteiger partial charge in [0.15, 0.2) is 0 Å². The van der Waals surface area contributed by atoms with E-state index < -0.39 is 0 Å². The Labute approximate surface area is 145 Å². The number of aromatic nitrogens is 2. The number of nitrogens with zero attached hydrogens (tertiary/aromatic N) is 3. The molecule has 0 radical (unpaired) electrons. The predicted molar refractivity (Wildman–Crippen MR) is 95.6 cm³/mol. The molecule has 0 spiro atoms. The first kappa shape index (κ1) is 15.6. The van der Waals surface area contributed by atoms with E-state index in [1.807, 2.05) is 31.2 Å². The summed E-state index contributed by atoms with van der Waals surface area (Å²) in [6.07, 6.45) is 3.94. The fourth-order valence-corrected chi connectivity index (χ4v) is 3.21. The van der Waals surface area contributed by atoms with Crippen molar-refractivity contribution in [1.29, 1.82) is 0 Å². The van der Waals surface area contributed by atoms with E-state index in [2.05, 4.69) is 20.2 Å². The zero-order chi connectivity index (χ0) is 17.2. The number of anilines is 1. The zero-order valence-electron chi connectivity index (χ0n) is 14.2. The first-order chi connectivity index (χ1) is 12.2. The van der Waals surface area contributed by atoms with Gasteiger partial charge in [0.2, 0.25) is 0 Å². The van der Waals surface area contributed by atoms with Gasteiger partial charge in [0, 0.05) is 24.0 Å². The lowest BCUT2D eigenvalue weighted by Crippen LogP contribution is -2.23. The minimum absolute atomic E-state index is 0.132. The molecule has 1 aliphatic heterocycles. The molecule has 6 heteroatoms. The maximum Gasteiger partial charge on any atom is 0.251 e. The third-order valence-electron chi connectivity index (χ3n) is 4.50. The molecule has 1 aromatic carbocycles. The van der Waals surface area contributed by atoms with E-state index in [-0.39, 0.29) is 5.91 Å². The minimum Gasteiger partial charge on any atom is -0.465 e. The summed E-state index contributed by atoms with van der Waals surface area (Å²) in [4.78, 5) is 23.5. The number of aryl methyl sites for hydroxylation is 1. The number of carbonyl (C=O) groups excluding carboxylic acids is 1. The summed E-state index contributed by atoms with van der Waals surface area (Å²) in [5.41, 5.74) is 1.46. The minimum atomic E-state index is -0.132. The van der Waals surface area contributed by atoms with Crippen LogP contribution >= 0.6 is 0 Å². The van der Waals surface area contributed by atoms with Gasteiger partial charge >= 0.3 is 0 Å². The number of benzene rings is 1. The van der Waals surface area contributed by atoms with Crippen LogP contribution in [0.5, 0.6) is 0 Å². The fourth-order valence-electron chi connectivity index (χ4n) is 3.21. The Morgan fingerprint density at radius 2 is 2.04 bits per heavy atom. The highest BCUT2D eigenvalue weighted by atomic mass is 16.3. The van der Waals surface area contributed by atoms with Crippen molar-refractivity contribution in [1.82, 2.24) is 15.3 Å². The van der Waals surface area contributed by atoms with Crippen LogP contribution in [0.1, 0.15) is 34.7 Å². The Morgan fingerprint density at radius 1 is 1.20 bits per heavy atom. The molecule has 1 saturated heterocycles. The molecule has 3 heterocycles. The van der Waals surface area contributed by atoms with Crippen LogP contribution in [0.4, 0.5) is 5.82 Å². The van der Waals surface area contributed by atoms with Gasteiger partial charge in [0.1, 0.15) is 23.7 Å². The van der Waals surface area contributed by atoms with Crippen LogP contribution in [0.25, 0.3) is 10.9 Å². The monoisotopic (exact) mass is 336 g/mol. The van der Waals surface area contributed by atoms with Crippen molar-refractivity contribution < 1.29 is 9.21 Å². The third kappa shape index (κ3) is 3.20. The average Bonchev–Trinajstić information content (AvgIpc) is 3.30. The van der Waals surface area contributed by atoms with Crippen LogP contribution in [0.2, 0.25) is 0 Å². The molecule has 3 aromatic rings. The fraction of sp³-hybridized carbons (Fsp3) is 0.316. The Bertz CT molecular complexity index is 913. The van der Waals surface area contributed by atoms with Crippen LogP contribution in [-0.4, -0.2) is 29.0 Å². The van der Waals surface area contributed by atoms with E-state index in [9.17, 15) is 4.79 Å². The lowest BCUT2D eigenvalue weighted by molar-refractivity contribution is 0.0948. The zero-order valence-corrected chi connectivity index (χ0v) is 14.2. The molecule has 1 N–H and O–H groups in total. The largest absolute Gasteiger partial charge is 0.465 e. The molecule has 0 saturated carbocycles. The number of fused-ring (bicyclic) bond motifs is 1. The maximum absolute atomic E-state index is 12.5. The van der Waals surface area contributed by atoms with Gasteiger partial charge in [0.05, 0.1) is 12.1 Å². The Balaban J connectivity index is 1.59. The van der Waals surface area contributed by atoms with Crippen molar-refractivity contribution in [2.45, 2.75) is 26.3 Å². The summed E-state index contributed by atoms with van der Waals surface area (Å²) >= 11 is 0. The highest BCUT2D eigenvalue weighted by Crippen LogP contribution is 2.26. The lowest BCUT2D eigenvalue weighted by atomic mass is 10.1. The number of furan rings is 1. The second kappa shape index (κ2) is 6.55. The van der Waals surface area contributed by atoms with Gasteiger partial charge in [-0.3, -0.25) is 4.79 Å². The van der Waals surface area contributed by atoms with Crippen LogP contribution in [0.15, 0.2) is 41.1 Å². The molecule has 25 heavy (non-hydrogen) atoms. The number of carbonyl (C=O) groups is 1. The maximum atomic E-state index is 12.5. The van der Waals surface area contributed by atoms with Crippen molar-refractivity contribution in [3.05, 3.63) is 53.7 Å². The summed E-state index contributed by atoms with van der Waals surface area (Å²) in [5.74, 6) is 2.36. The second-order valence-corrected chi connectivity index (χ2v) is 6.32. The predicted octanol–water partition coefficient (Wildman–Crippen LogP) is 3.06. The first-order valence-electron chi connectivity index (χ1n) is 8.54. The molecule has 0 unspecified atom stereocenters. The summed E-state index contributed by atoms with van der Waals surface area (Å²) in [6.45, 7) is 4.25. The van der Waals surface area contributed by atoms with Crippen molar-refractivity contribution >= 4 is 22.6 Å². The normalized spacial score (nSPS) is 14.2. The smallest absolute Gasteiger partial charge is 0.251 e. The summed E-state index contributed by atoms with van der Waals surface area (Å²) in [6, 6.07) is 9.31. The van der Waals surface area contributed by atoms with E-state index in [1.165, 1.54) is 12.8 Å². The van der Waals surface area contributed by atoms with E-state index in [4.69, 9.17) is 4.42 Å². The number of amides is 1. The van der Waals surface area contributed by atoms with Crippen LogP contribution < -0.4 is 10.2 Å². The van der Waals surface area contributed by atoms with Crippen LogP contribution in [-0.2, 0) is 6.54 Å². The van der Waals surface area contributed by atoms with Crippen molar-refractivity contribution in [3.63, 3.8) is 0 Å². The van der Waals surface area contributed by atoms with Gasteiger partial charge in [-0.1, -0.05) is 0 Å². The third-order valence-corrected chi connectivity index (χ3v) is 4.50. The summed E-state index contributed by atoms with van der Waals surface area (Å²) in [7, 11) is 0. The van der Waals surface area contributed by atoms with Crippen LogP contribution in [0, 0.1) is 6.92 Å². The van der Waals surface area contributed by atoms with E-state index in [0.29, 0.717) is 12.1 Å². The van der Waals surface area contributed by atoms with Gasteiger partial charge in [-0.05, 0) is 50.1 Å². The molecule has 2 aromatic heterocycles.